The van der Waals surface area contributed by atoms with Crippen molar-refractivity contribution in [2.24, 2.45) is 35.0 Å². The van der Waals surface area contributed by atoms with Crippen LogP contribution in [-0.4, -0.2) is 50.2 Å². The molecule has 3 fully saturated rings. The summed E-state index contributed by atoms with van der Waals surface area (Å²) in [5.74, 6) is 4.15. The van der Waals surface area contributed by atoms with Gasteiger partial charge in [-0.15, -0.1) is 0 Å². The molecule has 1 aromatic heterocycles. The molecule has 1 aliphatic heterocycles. The molecular formula is C26H36N2O4S. The monoisotopic (exact) mass is 472 g/mol. The molecule has 7 heteroatoms. The molecule has 1 saturated heterocycles. The Morgan fingerprint density at radius 2 is 2.00 bits per heavy atom. The SMILES string of the molecule is C[C@]1(C2CCN(C(=O)CC3CC4C=CC3C4)CC2)C[C@H]1CCOc1ccc(S(C)(=O)=O)cn1. The largest absolute Gasteiger partial charge is 0.478 e. The van der Waals surface area contributed by atoms with Gasteiger partial charge >= 0.3 is 0 Å². The molecule has 180 valence electrons. The average Bonchev–Trinajstić information content (AvgIpc) is 3.11. The lowest BCUT2D eigenvalue weighted by molar-refractivity contribution is -0.134. The first-order valence-corrected chi connectivity index (χ1v) is 14.4. The first-order valence-electron chi connectivity index (χ1n) is 12.5. The zero-order chi connectivity index (χ0) is 23.2. The fourth-order valence-corrected chi connectivity index (χ4v) is 7.21. The van der Waals surface area contributed by atoms with Crippen molar-refractivity contribution in [2.75, 3.05) is 26.0 Å². The summed E-state index contributed by atoms with van der Waals surface area (Å²) in [5, 5.41) is 0. The molecule has 3 unspecified atom stereocenters. The quantitative estimate of drug-likeness (QED) is 0.532. The summed E-state index contributed by atoms with van der Waals surface area (Å²) in [5.41, 5.74) is 0.363. The van der Waals surface area contributed by atoms with E-state index in [1.165, 1.54) is 31.7 Å². The van der Waals surface area contributed by atoms with Gasteiger partial charge in [0.15, 0.2) is 9.84 Å². The Labute approximate surface area is 197 Å². The first-order chi connectivity index (χ1) is 15.7. The average molecular weight is 473 g/mol. The molecule has 4 aliphatic rings. The van der Waals surface area contributed by atoms with Gasteiger partial charge < -0.3 is 9.64 Å². The van der Waals surface area contributed by atoms with E-state index in [2.05, 4.69) is 29.0 Å². The predicted molar refractivity (Wildman–Crippen MR) is 126 cm³/mol. The molecule has 2 saturated carbocycles. The van der Waals surface area contributed by atoms with E-state index in [1.54, 1.807) is 12.1 Å². The minimum Gasteiger partial charge on any atom is -0.478 e. The summed E-state index contributed by atoms with van der Waals surface area (Å²) in [6.45, 7) is 4.83. The molecule has 6 nitrogen and oxygen atoms in total. The van der Waals surface area contributed by atoms with Gasteiger partial charge in [-0.1, -0.05) is 19.1 Å². The van der Waals surface area contributed by atoms with Crippen LogP contribution >= 0.6 is 0 Å². The molecule has 0 aromatic carbocycles. The fraction of sp³-hybridized carbons (Fsp3) is 0.692. The first kappa shape index (κ1) is 22.9. The van der Waals surface area contributed by atoms with Gasteiger partial charge in [0, 0.05) is 38.0 Å². The molecule has 3 aliphatic carbocycles. The van der Waals surface area contributed by atoms with Gasteiger partial charge in [-0.2, -0.15) is 0 Å². The maximum absolute atomic E-state index is 12.9. The number of allylic oxidation sites excluding steroid dienone is 2. The Balaban J connectivity index is 1.03. The van der Waals surface area contributed by atoms with E-state index in [-0.39, 0.29) is 4.90 Å². The number of piperidine rings is 1. The Kier molecular flexibility index (Phi) is 6.04. The summed E-state index contributed by atoms with van der Waals surface area (Å²) in [6, 6.07) is 3.17. The molecule has 1 aromatic rings. The Bertz CT molecular complexity index is 1010. The van der Waals surface area contributed by atoms with Crippen LogP contribution in [-0.2, 0) is 14.6 Å². The maximum Gasteiger partial charge on any atom is 0.222 e. The van der Waals surface area contributed by atoms with Crippen LogP contribution in [0.4, 0.5) is 0 Å². The second kappa shape index (κ2) is 8.71. The summed E-state index contributed by atoms with van der Waals surface area (Å²) in [4.78, 5) is 19.3. The third kappa shape index (κ3) is 4.84. The highest BCUT2D eigenvalue weighted by Crippen LogP contribution is 2.61. The normalized spacial score (nSPS) is 33.5. The molecule has 5 rings (SSSR count). The van der Waals surface area contributed by atoms with E-state index >= 15 is 0 Å². The summed E-state index contributed by atoms with van der Waals surface area (Å²) >= 11 is 0. The number of ether oxygens (including phenoxy) is 1. The number of nitrogens with zero attached hydrogens (tertiary/aromatic N) is 2. The number of sulfone groups is 1. The molecule has 5 atom stereocenters. The molecule has 0 spiro atoms. The Hall–Kier alpha value is -1.89. The van der Waals surface area contributed by atoms with Gasteiger partial charge in [0.25, 0.3) is 0 Å². The minimum atomic E-state index is -3.23. The van der Waals surface area contributed by atoms with Crippen molar-refractivity contribution in [3.8, 4) is 5.88 Å². The van der Waals surface area contributed by atoms with Gasteiger partial charge in [0.2, 0.25) is 11.8 Å². The smallest absolute Gasteiger partial charge is 0.222 e. The fourth-order valence-electron chi connectivity index (χ4n) is 6.65. The van der Waals surface area contributed by atoms with Gasteiger partial charge in [-0.05, 0) is 79.6 Å². The molecule has 0 N–H and O–H groups in total. The van der Waals surface area contributed by atoms with Crippen molar-refractivity contribution in [2.45, 2.75) is 56.8 Å². The third-order valence-corrected chi connectivity index (χ3v) is 10.0. The summed E-state index contributed by atoms with van der Waals surface area (Å²) in [7, 11) is -3.23. The minimum absolute atomic E-state index is 0.210. The number of hydrogen-bond acceptors (Lipinski definition) is 5. The lowest BCUT2D eigenvalue weighted by Crippen LogP contribution is -2.41. The second-order valence-electron chi connectivity index (χ2n) is 11.0. The highest BCUT2D eigenvalue weighted by molar-refractivity contribution is 7.90. The van der Waals surface area contributed by atoms with Gasteiger partial charge in [-0.25, -0.2) is 13.4 Å². The molecule has 33 heavy (non-hydrogen) atoms. The summed E-state index contributed by atoms with van der Waals surface area (Å²) in [6.07, 6.45) is 14.9. The van der Waals surface area contributed by atoms with Crippen molar-refractivity contribution in [3.05, 3.63) is 30.5 Å². The van der Waals surface area contributed by atoms with Crippen LogP contribution in [0.5, 0.6) is 5.88 Å². The van der Waals surface area contributed by atoms with E-state index in [0.717, 1.165) is 44.7 Å². The maximum atomic E-state index is 12.9. The standard InChI is InChI=1S/C26H36N2O4S/c1-26(16-22(26)9-12-32-24-6-5-23(17-27-24)33(2,30)31)21-7-10-28(11-8-21)25(29)15-20-14-18-3-4-19(20)13-18/h3-6,17-22H,7-16H2,1-2H3/t18?,19?,20?,22-,26-/m1/s1. The van der Waals surface area contributed by atoms with E-state index in [0.29, 0.717) is 47.5 Å². The molecule has 0 radical (unpaired) electrons. The van der Waals surface area contributed by atoms with Crippen LogP contribution in [0.2, 0.25) is 0 Å². The molecule has 1 amide bonds. The number of carbonyl (C=O) groups excluding carboxylic acids is 1. The second-order valence-corrected chi connectivity index (χ2v) is 13.1. The van der Waals surface area contributed by atoms with Crippen molar-refractivity contribution in [3.63, 3.8) is 0 Å². The van der Waals surface area contributed by atoms with Gasteiger partial charge in [0.1, 0.15) is 0 Å². The van der Waals surface area contributed by atoms with Crippen LogP contribution in [0.1, 0.15) is 51.9 Å². The van der Waals surface area contributed by atoms with Crippen LogP contribution in [0.3, 0.4) is 0 Å². The Morgan fingerprint density at radius 1 is 1.21 bits per heavy atom. The molecule has 2 bridgehead atoms. The van der Waals surface area contributed by atoms with Crippen LogP contribution in [0.15, 0.2) is 35.4 Å². The van der Waals surface area contributed by atoms with Crippen molar-refractivity contribution in [1.29, 1.82) is 0 Å². The third-order valence-electron chi connectivity index (χ3n) is 8.95. The van der Waals surface area contributed by atoms with Crippen molar-refractivity contribution < 1.29 is 17.9 Å². The highest BCUT2D eigenvalue weighted by Gasteiger charge is 2.54. The highest BCUT2D eigenvalue weighted by atomic mass is 32.2. The van der Waals surface area contributed by atoms with Crippen molar-refractivity contribution in [1.82, 2.24) is 9.88 Å². The predicted octanol–water partition coefficient (Wildman–Crippen LogP) is 4.12. The lowest BCUT2D eigenvalue weighted by Gasteiger charge is -2.36. The number of pyridine rings is 1. The summed E-state index contributed by atoms with van der Waals surface area (Å²) < 4.78 is 28.8. The van der Waals surface area contributed by atoms with E-state index in [4.69, 9.17) is 4.74 Å². The number of fused-ring (bicyclic) bond motifs is 2. The van der Waals surface area contributed by atoms with Gasteiger partial charge in [-0.3, -0.25) is 4.79 Å². The number of carbonyl (C=O) groups is 1. The van der Waals surface area contributed by atoms with Crippen LogP contribution < -0.4 is 4.74 Å². The van der Waals surface area contributed by atoms with E-state index in [1.807, 2.05) is 0 Å². The molecular weight excluding hydrogens is 436 g/mol. The number of likely N-dealkylation sites (tertiary alicyclic amines) is 1. The number of hydrogen-bond donors (Lipinski definition) is 0. The molecule has 2 heterocycles. The number of amides is 1. The number of aromatic nitrogens is 1. The number of rotatable bonds is 8. The van der Waals surface area contributed by atoms with E-state index in [9.17, 15) is 13.2 Å². The Morgan fingerprint density at radius 3 is 2.61 bits per heavy atom. The van der Waals surface area contributed by atoms with Crippen molar-refractivity contribution >= 4 is 15.7 Å². The van der Waals surface area contributed by atoms with Gasteiger partial charge in [0.05, 0.1) is 11.5 Å². The zero-order valence-corrected chi connectivity index (χ0v) is 20.6. The van der Waals surface area contributed by atoms with Crippen LogP contribution in [0, 0.1) is 35.0 Å². The topological polar surface area (TPSA) is 76.6 Å². The van der Waals surface area contributed by atoms with Crippen LogP contribution in [0.25, 0.3) is 0 Å². The lowest BCUT2D eigenvalue weighted by atomic mass is 9.80. The zero-order valence-electron chi connectivity index (χ0n) is 19.8. The van der Waals surface area contributed by atoms with E-state index < -0.39 is 9.84 Å².